The first kappa shape index (κ1) is 18.5. The lowest BCUT2D eigenvalue weighted by Gasteiger charge is -2.21. The zero-order chi connectivity index (χ0) is 18.7. The lowest BCUT2D eigenvalue weighted by molar-refractivity contribution is -0.131. The smallest absolute Gasteiger partial charge is 0.227 e. The highest BCUT2D eigenvalue weighted by Gasteiger charge is 2.18. The van der Waals surface area contributed by atoms with Crippen LogP contribution in [0.5, 0.6) is 0 Å². The largest absolute Gasteiger partial charge is 0.464 e. The van der Waals surface area contributed by atoms with Crippen molar-refractivity contribution in [2.24, 2.45) is 7.05 Å². The average molecular weight is 376 g/mol. The van der Waals surface area contributed by atoms with Crippen LogP contribution in [0, 0.1) is 6.92 Å². The van der Waals surface area contributed by atoms with Gasteiger partial charge in [-0.25, -0.2) is 0 Å². The summed E-state index contributed by atoms with van der Waals surface area (Å²) in [5.41, 5.74) is 3.50. The molecule has 0 atom stereocenters. The van der Waals surface area contributed by atoms with Crippen molar-refractivity contribution in [1.82, 2.24) is 14.7 Å². The Labute approximate surface area is 157 Å². The molecule has 7 heteroatoms. The summed E-state index contributed by atoms with van der Waals surface area (Å²) in [6, 6.07) is 3.75. The number of nitrogens with zero attached hydrogens (tertiary/aromatic N) is 3. The van der Waals surface area contributed by atoms with Crippen molar-refractivity contribution in [2.45, 2.75) is 19.9 Å². The van der Waals surface area contributed by atoms with E-state index < -0.39 is 0 Å². The van der Waals surface area contributed by atoms with Crippen LogP contribution in [-0.2, 0) is 29.5 Å². The predicted molar refractivity (Wildman–Crippen MR) is 100 cm³/mol. The van der Waals surface area contributed by atoms with Crippen molar-refractivity contribution in [3.05, 3.63) is 52.5 Å². The number of aryl methyl sites for hydroxylation is 2. The van der Waals surface area contributed by atoms with E-state index in [4.69, 9.17) is 20.8 Å². The van der Waals surface area contributed by atoms with Gasteiger partial charge in [-0.15, -0.1) is 0 Å². The minimum atomic E-state index is 0.00491. The zero-order valence-corrected chi connectivity index (χ0v) is 15.9. The first-order valence-electron chi connectivity index (χ1n) is 8.38. The maximum Gasteiger partial charge on any atom is 0.227 e. The van der Waals surface area contributed by atoms with Gasteiger partial charge in [-0.1, -0.05) is 11.6 Å². The van der Waals surface area contributed by atoms with Crippen LogP contribution in [0.15, 0.2) is 35.2 Å². The lowest BCUT2D eigenvalue weighted by Crippen LogP contribution is -2.34. The Balaban J connectivity index is 1.79. The average Bonchev–Trinajstić information content (AvgIpc) is 3.18. The molecule has 6 nitrogen and oxygen atoms in total. The van der Waals surface area contributed by atoms with Crippen molar-refractivity contribution in [1.29, 1.82) is 0 Å². The second-order valence-electron chi connectivity index (χ2n) is 6.37. The number of benzene rings is 1. The van der Waals surface area contributed by atoms with Crippen LogP contribution in [-0.4, -0.2) is 40.8 Å². The second kappa shape index (κ2) is 7.93. The Morgan fingerprint density at radius 3 is 2.92 bits per heavy atom. The van der Waals surface area contributed by atoms with Gasteiger partial charge in [-0.3, -0.25) is 9.48 Å². The number of amides is 1. The fourth-order valence-electron chi connectivity index (χ4n) is 2.88. The molecule has 0 bridgehead atoms. The fourth-order valence-corrected chi connectivity index (χ4v) is 3.04. The zero-order valence-electron chi connectivity index (χ0n) is 15.2. The second-order valence-corrected chi connectivity index (χ2v) is 6.77. The molecule has 3 rings (SSSR count). The number of methoxy groups -OCH3 is 1. The van der Waals surface area contributed by atoms with Gasteiger partial charge in [-0.2, -0.15) is 5.10 Å². The van der Waals surface area contributed by atoms with E-state index in [0.717, 1.165) is 27.7 Å². The molecular weight excluding hydrogens is 354 g/mol. The van der Waals surface area contributed by atoms with Crippen LogP contribution in [0.4, 0.5) is 0 Å². The number of carbonyl (C=O) groups excluding carboxylic acids is 1. The number of fused-ring (bicyclic) bond motifs is 1. The molecule has 0 radical (unpaired) electrons. The normalized spacial score (nSPS) is 11.2. The van der Waals surface area contributed by atoms with Gasteiger partial charge in [-0.05, 0) is 24.6 Å². The summed E-state index contributed by atoms with van der Waals surface area (Å²) in [6.45, 7) is 3.41. The highest BCUT2D eigenvalue weighted by molar-refractivity contribution is 6.32. The third-order valence-electron chi connectivity index (χ3n) is 4.33. The fraction of sp³-hybridized carbons (Fsp3) is 0.368. The summed E-state index contributed by atoms with van der Waals surface area (Å²) < 4.78 is 12.5. The minimum Gasteiger partial charge on any atom is -0.464 e. The highest BCUT2D eigenvalue weighted by atomic mass is 35.5. The third-order valence-corrected chi connectivity index (χ3v) is 4.73. The molecule has 1 amide bonds. The molecule has 1 aromatic carbocycles. The van der Waals surface area contributed by atoms with Gasteiger partial charge >= 0.3 is 0 Å². The Morgan fingerprint density at radius 1 is 1.42 bits per heavy atom. The Hall–Kier alpha value is -2.31. The first-order valence-corrected chi connectivity index (χ1v) is 8.76. The lowest BCUT2D eigenvalue weighted by atomic mass is 10.1. The Kier molecular flexibility index (Phi) is 5.64. The van der Waals surface area contributed by atoms with Gasteiger partial charge in [0.2, 0.25) is 5.91 Å². The molecule has 26 heavy (non-hydrogen) atoms. The van der Waals surface area contributed by atoms with Crippen LogP contribution in [0.3, 0.4) is 0 Å². The minimum absolute atomic E-state index is 0.00491. The van der Waals surface area contributed by atoms with Crippen LogP contribution in [0.25, 0.3) is 11.0 Å². The van der Waals surface area contributed by atoms with Gasteiger partial charge in [0.1, 0.15) is 5.58 Å². The van der Waals surface area contributed by atoms with E-state index in [1.54, 1.807) is 29.2 Å². The van der Waals surface area contributed by atoms with Crippen LogP contribution >= 0.6 is 11.6 Å². The molecule has 2 heterocycles. The van der Waals surface area contributed by atoms with E-state index >= 15 is 0 Å². The molecule has 3 aromatic rings. The van der Waals surface area contributed by atoms with Crippen molar-refractivity contribution in [3.63, 3.8) is 0 Å². The van der Waals surface area contributed by atoms with Gasteiger partial charge in [0, 0.05) is 55.0 Å². The van der Waals surface area contributed by atoms with Crippen LogP contribution in [0.1, 0.15) is 16.7 Å². The number of furan rings is 1. The molecule has 0 saturated heterocycles. The summed E-state index contributed by atoms with van der Waals surface area (Å²) in [5.74, 6) is 0.00491. The van der Waals surface area contributed by atoms with E-state index in [0.29, 0.717) is 24.7 Å². The highest BCUT2D eigenvalue weighted by Crippen LogP contribution is 2.28. The molecule has 0 aliphatic rings. The van der Waals surface area contributed by atoms with E-state index in [2.05, 4.69) is 5.10 Å². The monoisotopic (exact) mass is 375 g/mol. The summed E-state index contributed by atoms with van der Waals surface area (Å²) >= 11 is 6.23. The number of hydrogen-bond acceptors (Lipinski definition) is 4. The standard InChI is InChI=1S/C19H22ClN3O3/c1-13-6-18-16(8-17(13)20)15(12-26-18)7-19(24)23(4-5-25-3)11-14-9-21-22(2)10-14/h6,8-10,12H,4-5,7,11H2,1-3H3. The Morgan fingerprint density at radius 2 is 2.23 bits per heavy atom. The van der Waals surface area contributed by atoms with Crippen molar-refractivity contribution >= 4 is 28.5 Å². The van der Waals surface area contributed by atoms with Gasteiger partial charge in [0.25, 0.3) is 0 Å². The van der Waals surface area contributed by atoms with Gasteiger partial charge < -0.3 is 14.1 Å². The van der Waals surface area contributed by atoms with E-state index in [1.165, 1.54) is 0 Å². The summed E-state index contributed by atoms with van der Waals surface area (Å²) in [7, 11) is 3.48. The number of hydrogen-bond donors (Lipinski definition) is 0. The predicted octanol–water partition coefficient (Wildman–Crippen LogP) is 3.35. The topological polar surface area (TPSA) is 60.5 Å². The van der Waals surface area contributed by atoms with Crippen molar-refractivity contribution in [3.8, 4) is 0 Å². The Bertz CT molecular complexity index is 916. The van der Waals surface area contributed by atoms with Gasteiger partial charge in [0.15, 0.2) is 0 Å². The summed E-state index contributed by atoms with van der Waals surface area (Å²) in [4.78, 5) is 14.7. The SMILES string of the molecule is COCCN(Cc1cnn(C)c1)C(=O)Cc1coc2cc(C)c(Cl)cc12. The number of aromatic nitrogens is 2. The number of ether oxygens (including phenoxy) is 1. The van der Waals surface area contributed by atoms with Crippen LogP contribution < -0.4 is 0 Å². The summed E-state index contributed by atoms with van der Waals surface area (Å²) in [5, 5.41) is 5.70. The van der Waals surface area contributed by atoms with E-state index in [9.17, 15) is 4.79 Å². The summed E-state index contributed by atoms with van der Waals surface area (Å²) in [6.07, 6.45) is 5.55. The maximum atomic E-state index is 12.9. The molecule has 0 fully saturated rings. The third kappa shape index (κ3) is 4.08. The number of carbonyl (C=O) groups is 1. The maximum absolute atomic E-state index is 12.9. The van der Waals surface area contributed by atoms with Gasteiger partial charge in [0.05, 0.1) is 25.5 Å². The van der Waals surface area contributed by atoms with E-state index in [1.807, 2.05) is 32.3 Å². The van der Waals surface area contributed by atoms with Crippen molar-refractivity contribution < 1.29 is 13.9 Å². The molecule has 0 N–H and O–H groups in total. The van der Waals surface area contributed by atoms with E-state index in [-0.39, 0.29) is 12.3 Å². The molecule has 0 saturated carbocycles. The van der Waals surface area contributed by atoms with Crippen LogP contribution in [0.2, 0.25) is 5.02 Å². The number of rotatable bonds is 7. The molecule has 0 aliphatic heterocycles. The molecule has 0 aliphatic carbocycles. The quantitative estimate of drug-likeness (QED) is 0.635. The molecule has 0 unspecified atom stereocenters. The van der Waals surface area contributed by atoms with Crippen molar-refractivity contribution in [2.75, 3.05) is 20.3 Å². The number of halogens is 1. The molecule has 2 aromatic heterocycles. The molecule has 138 valence electrons. The first-order chi connectivity index (χ1) is 12.5. The molecule has 0 spiro atoms. The molecular formula is C19H22ClN3O3.